The lowest BCUT2D eigenvalue weighted by atomic mass is 10.1. The summed E-state index contributed by atoms with van der Waals surface area (Å²) < 4.78 is 15.9. The number of hydrogen-bond donors (Lipinski definition) is 1. The second kappa shape index (κ2) is 7.48. The number of aryl methyl sites for hydroxylation is 1. The van der Waals surface area contributed by atoms with E-state index in [1.54, 1.807) is 31.4 Å². The maximum absolute atomic E-state index is 11.9. The number of rotatable bonds is 5. The summed E-state index contributed by atoms with van der Waals surface area (Å²) in [6.45, 7) is 2.22. The van der Waals surface area contributed by atoms with Crippen molar-refractivity contribution < 1.29 is 13.9 Å². The van der Waals surface area contributed by atoms with E-state index < -0.39 is 5.63 Å². The first kappa shape index (κ1) is 18.4. The number of halogens is 2. The molecule has 0 amide bonds. The summed E-state index contributed by atoms with van der Waals surface area (Å²) in [7, 11) is 3.09. The molecule has 0 bridgehead atoms. The average molecular weight is 394 g/mol. The SMILES string of the molecule is COc1cc(NCc2cc(=O)oc3cc(C)c(Cl)cc23)c(OC)cc1Cl. The molecule has 1 heterocycles. The molecular formula is C19H17Cl2NO4. The van der Waals surface area contributed by atoms with E-state index >= 15 is 0 Å². The second-order valence-electron chi connectivity index (χ2n) is 5.73. The van der Waals surface area contributed by atoms with E-state index in [2.05, 4.69) is 5.32 Å². The van der Waals surface area contributed by atoms with E-state index in [0.29, 0.717) is 39.4 Å². The Labute approximate surface area is 160 Å². The van der Waals surface area contributed by atoms with Crippen LogP contribution in [0.2, 0.25) is 10.0 Å². The fourth-order valence-electron chi connectivity index (χ4n) is 2.68. The van der Waals surface area contributed by atoms with Crippen LogP contribution >= 0.6 is 23.2 Å². The number of benzene rings is 2. The largest absolute Gasteiger partial charge is 0.495 e. The highest BCUT2D eigenvalue weighted by Crippen LogP contribution is 2.36. The van der Waals surface area contributed by atoms with Crippen molar-refractivity contribution in [3.05, 3.63) is 61.9 Å². The van der Waals surface area contributed by atoms with Gasteiger partial charge in [-0.1, -0.05) is 23.2 Å². The molecule has 0 aliphatic carbocycles. The van der Waals surface area contributed by atoms with Crippen LogP contribution in [0.4, 0.5) is 5.69 Å². The highest BCUT2D eigenvalue weighted by Gasteiger charge is 2.12. The summed E-state index contributed by atoms with van der Waals surface area (Å²) in [5.74, 6) is 1.09. The number of ether oxygens (including phenoxy) is 2. The second-order valence-corrected chi connectivity index (χ2v) is 6.54. The lowest BCUT2D eigenvalue weighted by Crippen LogP contribution is -2.07. The van der Waals surface area contributed by atoms with E-state index in [0.717, 1.165) is 16.5 Å². The van der Waals surface area contributed by atoms with E-state index in [1.165, 1.54) is 13.2 Å². The topological polar surface area (TPSA) is 60.7 Å². The van der Waals surface area contributed by atoms with Crippen LogP contribution in [-0.4, -0.2) is 14.2 Å². The van der Waals surface area contributed by atoms with Crippen molar-refractivity contribution in [3.63, 3.8) is 0 Å². The Morgan fingerprint density at radius 2 is 1.73 bits per heavy atom. The maximum atomic E-state index is 11.9. The molecule has 0 fully saturated rings. The minimum atomic E-state index is -0.420. The highest BCUT2D eigenvalue weighted by atomic mass is 35.5. The fraction of sp³-hybridized carbons (Fsp3) is 0.211. The fourth-order valence-corrected chi connectivity index (χ4v) is 3.08. The van der Waals surface area contributed by atoms with Crippen LogP contribution in [0.5, 0.6) is 11.5 Å². The number of methoxy groups -OCH3 is 2. The predicted molar refractivity (Wildman–Crippen MR) is 104 cm³/mol. The van der Waals surface area contributed by atoms with Crippen LogP contribution in [0, 0.1) is 6.92 Å². The van der Waals surface area contributed by atoms with Gasteiger partial charge in [0.1, 0.15) is 17.1 Å². The molecule has 7 heteroatoms. The molecule has 3 aromatic rings. The molecule has 0 spiro atoms. The zero-order chi connectivity index (χ0) is 18.8. The molecular weight excluding hydrogens is 377 g/mol. The summed E-state index contributed by atoms with van der Waals surface area (Å²) in [6.07, 6.45) is 0. The first-order valence-corrected chi connectivity index (χ1v) is 8.56. The zero-order valence-corrected chi connectivity index (χ0v) is 16.0. The van der Waals surface area contributed by atoms with E-state index in [1.807, 2.05) is 6.92 Å². The predicted octanol–water partition coefficient (Wildman–Crippen LogP) is 5.04. The third kappa shape index (κ3) is 3.59. The Bertz CT molecular complexity index is 1030. The molecule has 0 radical (unpaired) electrons. The quantitative estimate of drug-likeness (QED) is 0.615. The van der Waals surface area contributed by atoms with Gasteiger partial charge in [0.05, 0.1) is 24.9 Å². The molecule has 2 aromatic carbocycles. The van der Waals surface area contributed by atoms with E-state index in [9.17, 15) is 4.79 Å². The summed E-state index contributed by atoms with van der Waals surface area (Å²) in [4.78, 5) is 11.9. The van der Waals surface area contributed by atoms with Crippen LogP contribution in [0.15, 0.2) is 39.5 Å². The maximum Gasteiger partial charge on any atom is 0.336 e. The summed E-state index contributed by atoms with van der Waals surface area (Å²) in [5, 5.41) is 5.08. The third-order valence-corrected chi connectivity index (χ3v) is 4.76. The Balaban J connectivity index is 2.00. The van der Waals surface area contributed by atoms with Crippen molar-refractivity contribution in [2.45, 2.75) is 13.5 Å². The number of anilines is 1. The monoisotopic (exact) mass is 393 g/mol. The van der Waals surface area contributed by atoms with Crippen LogP contribution in [0.25, 0.3) is 11.0 Å². The Morgan fingerprint density at radius 1 is 1.00 bits per heavy atom. The minimum absolute atomic E-state index is 0.364. The number of hydrogen-bond acceptors (Lipinski definition) is 5. The molecule has 0 saturated heterocycles. The van der Waals surface area contributed by atoms with Crippen LogP contribution in [0.1, 0.15) is 11.1 Å². The average Bonchev–Trinajstić information content (AvgIpc) is 2.61. The van der Waals surface area contributed by atoms with E-state index in [4.69, 9.17) is 37.1 Å². The molecule has 1 N–H and O–H groups in total. The van der Waals surface area contributed by atoms with Gasteiger partial charge in [-0.05, 0) is 30.2 Å². The summed E-state index contributed by atoms with van der Waals surface area (Å²) in [5.41, 5.74) is 2.37. The first-order chi connectivity index (χ1) is 12.4. The molecule has 0 aliphatic rings. The van der Waals surface area contributed by atoms with Crippen molar-refractivity contribution in [3.8, 4) is 11.5 Å². The highest BCUT2D eigenvalue weighted by molar-refractivity contribution is 6.32. The van der Waals surface area contributed by atoms with Crippen molar-refractivity contribution in [1.29, 1.82) is 0 Å². The molecule has 0 aliphatic heterocycles. The van der Waals surface area contributed by atoms with Gasteiger partial charge < -0.3 is 19.2 Å². The van der Waals surface area contributed by atoms with Gasteiger partial charge in [-0.2, -0.15) is 0 Å². The van der Waals surface area contributed by atoms with Crippen molar-refractivity contribution >= 4 is 39.9 Å². The van der Waals surface area contributed by atoms with Crippen LogP contribution in [0.3, 0.4) is 0 Å². The van der Waals surface area contributed by atoms with Gasteiger partial charge in [-0.25, -0.2) is 4.79 Å². The zero-order valence-electron chi connectivity index (χ0n) is 14.5. The summed E-state index contributed by atoms with van der Waals surface area (Å²) in [6, 6.07) is 8.41. The van der Waals surface area contributed by atoms with Gasteiger partial charge in [0.2, 0.25) is 0 Å². The number of nitrogens with one attached hydrogen (secondary N) is 1. The first-order valence-electron chi connectivity index (χ1n) is 7.81. The minimum Gasteiger partial charge on any atom is -0.495 e. The molecule has 0 atom stereocenters. The Morgan fingerprint density at radius 3 is 2.42 bits per heavy atom. The molecule has 5 nitrogen and oxygen atoms in total. The van der Waals surface area contributed by atoms with Crippen molar-refractivity contribution in [1.82, 2.24) is 0 Å². The van der Waals surface area contributed by atoms with Crippen molar-refractivity contribution in [2.75, 3.05) is 19.5 Å². The molecule has 1 aromatic heterocycles. The van der Waals surface area contributed by atoms with Gasteiger partial charge in [0, 0.05) is 35.2 Å². The van der Waals surface area contributed by atoms with E-state index in [-0.39, 0.29) is 0 Å². The molecule has 26 heavy (non-hydrogen) atoms. The van der Waals surface area contributed by atoms with Gasteiger partial charge in [0.25, 0.3) is 0 Å². The molecule has 136 valence electrons. The normalized spacial score (nSPS) is 10.8. The standard InChI is InChI=1S/C19H17Cl2NO4/c1-10-4-16-12(6-13(10)20)11(5-19(23)26-16)9-22-15-8-17(24-2)14(21)7-18(15)25-3/h4-8,22H,9H2,1-3H3. The van der Waals surface area contributed by atoms with Gasteiger partial charge in [-0.15, -0.1) is 0 Å². The van der Waals surface area contributed by atoms with Gasteiger partial charge in [0.15, 0.2) is 0 Å². The third-order valence-electron chi connectivity index (χ3n) is 4.05. The lowest BCUT2D eigenvalue weighted by molar-refractivity contribution is 0.404. The Hall–Kier alpha value is -2.37. The number of fused-ring (bicyclic) bond motifs is 1. The van der Waals surface area contributed by atoms with Gasteiger partial charge in [-0.3, -0.25) is 0 Å². The lowest BCUT2D eigenvalue weighted by Gasteiger charge is -2.15. The Kier molecular flexibility index (Phi) is 5.30. The molecule has 3 rings (SSSR count). The summed E-state index contributed by atoms with van der Waals surface area (Å²) >= 11 is 12.4. The molecule has 0 unspecified atom stereocenters. The van der Waals surface area contributed by atoms with Crippen molar-refractivity contribution in [2.24, 2.45) is 0 Å². The van der Waals surface area contributed by atoms with Crippen LogP contribution in [-0.2, 0) is 6.54 Å². The smallest absolute Gasteiger partial charge is 0.336 e. The molecule has 0 saturated carbocycles. The van der Waals surface area contributed by atoms with Gasteiger partial charge >= 0.3 is 5.63 Å². The van der Waals surface area contributed by atoms with Crippen LogP contribution < -0.4 is 20.4 Å².